The van der Waals surface area contributed by atoms with Crippen LogP contribution in [0.5, 0.6) is 0 Å². The van der Waals surface area contributed by atoms with Crippen molar-refractivity contribution >= 4 is 34.4 Å². The highest BCUT2D eigenvalue weighted by atomic mass is 35.5. The van der Waals surface area contributed by atoms with Crippen molar-refractivity contribution in [3.8, 4) is 0 Å². The molecule has 3 aromatic heterocycles. The third kappa shape index (κ3) is 1.39. The average molecular weight is 247 g/mol. The Kier molecular flexibility index (Phi) is 2.09. The minimum atomic E-state index is 0.342. The van der Waals surface area contributed by atoms with Gasteiger partial charge in [0.25, 0.3) is 0 Å². The molecule has 0 aromatic carbocycles. The summed E-state index contributed by atoms with van der Waals surface area (Å²) in [7, 11) is 0. The molecule has 17 heavy (non-hydrogen) atoms. The lowest BCUT2D eigenvalue weighted by atomic mass is 10.2. The van der Waals surface area contributed by atoms with Crippen LogP contribution in [-0.4, -0.2) is 25.9 Å². The maximum Gasteiger partial charge on any atom is 0.166 e. The van der Waals surface area contributed by atoms with Crippen LogP contribution in [0.3, 0.4) is 0 Å². The maximum atomic E-state index is 11.0. The Labute approximate surface area is 101 Å². The summed E-state index contributed by atoms with van der Waals surface area (Å²) in [4.78, 5) is 19.2. The van der Waals surface area contributed by atoms with E-state index in [0.717, 1.165) is 11.7 Å². The van der Waals surface area contributed by atoms with E-state index in [9.17, 15) is 4.79 Å². The van der Waals surface area contributed by atoms with Gasteiger partial charge in [-0.3, -0.25) is 4.79 Å². The molecule has 0 saturated heterocycles. The molecule has 0 atom stereocenters. The topological polar surface area (TPSA) is 60.2 Å². The highest BCUT2D eigenvalue weighted by Gasteiger charge is 2.12. The highest BCUT2D eigenvalue weighted by molar-refractivity contribution is 6.33. The van der Waals surface area contributed by atoms with Crippen molar-refractivity contribution < 1.29 is 4.79 Å². The van der Waals surface area contributed by atoms with E-state index in [-0.39, 0.29) is 0 Å². The quantitative estimate of drug-likeness (QED) is 0.487. The fourth-order valence-electron chi connectivity index (χ4n) is 1.84. The summed E-state index contributed by atoms with van der Waals surface area (Å²) in [5.41, 5.74) is 1.65. The zero-order valence-electron chi connectivity index (χ0n) is 8.88. The first-order valence-corrected chi connectivity index (χ1v) is 5.34. The molecule has 0 amide bonds. The fourth-order valence-corrected chi connectivity index (χ4v) is 2.09. The second kappa shape index (κ2) is 3.49. The summed E-state index contributed by atoms with van der Waals surface area (Å²) in [6, 6.07) is 3.52. The molecule has 5 nitrogen and oxygen atoms in total. The van der Waals surface area contributed by atoms with Gasteiger partial charge in [-0.2, -0.15) is 5.10 Å². The Hall–Kier alpha value is -2.01. The monoisotopic (exact) mass is 246 g/mol. The molecule has 3 aromatic rings. The van der Waals surface area contributed by atoms with E-state index in [1.54, 1.807) is 29.8 Å². The van der Waals surface area contributed by atoms with Crippen LogP contribution >= 0.6 is 11.6 Å². The zero-order valence-corrected chi connectivity index (χ0v) is 9.64. The Morgan fingerprint density at radius 2 is 2.29 bits per heavy atom. The lowest BCUT2D eigenvalue weighted by Crippen LogP contribution is -1.97. The number of fused-ring (bicyclic) bond motifs is 3. The van der Waals surface area contributed by atoms with Gasteiger partial charge in [-0.25, -0.2) is 14.5 Å². The Bertz CT molecular complexity index is 750. The molecule has 0 aliphatic carbocycles. The molecular weight excluding hydrogens is 240 g/mol. The summed E-state index contributed by atoms with van der Waals surface area (Å²) < 4.78 is 1.56. The first kappa shape index (κ1) is 10.2. The minimum absolute atomic E-state index is 0.342. The second-order valence-electron chi connectivity index (χ2n) is 3.65. The van der Waals surface area contributed by atoms with Crippen LogP contribution in [-0.2, 0) is 0 Å². The van der Waals surface area contributed by atoms with E-state index in [0.29, 0.717) is 27.7 Å². The molecule has 0 spiro atoms. The van der Waals surface area contributed by atoms with Crippen LogP contribution in [0, 0.1) is 6.92 Å². The zero-order chi connectivity index (χ0) is 12.0. The molecule has 84 valence electrons. The van der Waals surface area contributed by atoms with Gasteiger partial charge in [-0.05, 0) is 19.1 Å². The molecule has 0 N–H and O–H groups in total. The molecule has 0 aliphatic heterocycles. The largest absolute Gasteiger partial charge is 0.298 e. The van der Waals surface area contributed by atoms with E-state index < -0.39 is 0 Å². The molecule has 6 heteroatoms. The molecule has 0 radical (unpaired) electrons. The lowest BCUT2D eigenvalue weighted by Gasteiger charge is -2.03. The molecule has 0 unspecified atom stereocenters. The van der Waals surface area contributed by atoms with Crippen molar-refractivity contribution in [3.63, 3.8) is 0 Å². The second-order valence-corrected chi connectivity index (χ2v) is 4.01. The Morgan fingerprint density at radius 3 is 3.06 bits per heavy atom. The van der Waals surface area contributed by atoms with Crippen molar-refractivity contribution in [1.29, 1.82) is 0 Å². The van der Waals surface area contributed by atoms with Gasteiger partial charge in [0.15, 0.2) is 17.1 Å². The van der Waals surface area contributed by atoms with E-state index in [2.05, 4.69) is 15.1 Å². The third-order valence-electron chi connectivity index (χ3n) is 2.53. The van der Waals surface area contributed by atoms with E-state index in [4.69, 9.17) is 11.6 Å². The Balaban J connectivity index is 2.64. The van der Waals surface area contributed by atoms with Crippen LogP contribution in [0.2, 0.25) is 5.15 Å². The maximum absolute atomic E-state index is 11.0. The standard InChI is InChI=1S/C11H7ClN4O/c1-6-14-11-8(5-17)4-7-2-3-13-10(12)9(7)16(11)15-6/h2-5H,1H3. The van der Waals surface area contributed by atoms with Gasteiger partial charge in [-0.15, -0.1) is 0 Å². The Morgan fingerprint density at radius 1 is 1.47 bits per heavy atom. The van der Waals surface area contributed by atoms with Gasteiger partial charge in [-0.1, -0.05) is 11.6 Å². The predicted octanol–water partition coefficient (Wildman–Crippen LogP) is 2.05. The fraction of sp³-hybridized carbons (Fsp3) is 0.0909. The van der Waals surface area contributed by atoms with Crippen molar-refractivity contribution in [1.82, 2.24) is 19.6 Å². The van der Waals surface area contributed by atoms with Crippen molar-refractivity contribution in [2.75, 3.05) is 0 Å². The smallest absolute Gasteiger partial charge is 0.166 e. The predicted molar refractivity (Wildman–Crippen MR) is 63.4 cm³/mol. The van der Waals surface area contributed by atoms with Gasteiger partial charge in [0.2, 0.25) is 0 Å². The summed E-state index contributed by atoms with van der Waals surface area (Å²) in [6.45, 7) is 1.76. The molecule has 0 bridgehead atoms. The van der Waals surface area contributed by atoms with Crippen LogP contribution in [0.1, 0.15) is 16.2 Å². The number of pyridine rings is 2. The van der Waals surface area contributed by atoms with E-state index >= 15 is 0 Å². The normalized spacial score (nSPS) is 11.2. The number of carbonyl (C=O) groups excluding carboxylic acids is 1. The van der Waals surface area contributed by atoms with Crippen molar-refractivity contribution in [2.45, 2.75) is 6.92 Å². The van der Waals surface area contributed by atoms with E-state index in [1.165, 1.54) is 0 Å². The van der Waals surface area contributed by atoms with Gasteiger partial charge < -0.3 is 0 Å². The van der Waals surface area contributed by atoms with Gasteiger partial charge >= 0.3 is 0 Å². The van der Waals surface area contributed by atoms with Crippen LogP contribution in [0.4, 0.5) is 0 Å². The first-order chi connectivity index (χ1) is 8.20. The number of halogens is 1. The van der Waals surface area contributed by atoms with Gasteiger partial charge in [0.05, 0.1) is 5.56 Å². The van der Waals surface area contributed by atoms with Crippen molar-refractivity contribution in [2.24, 2.45) is 0 Å². The number of aromatic nitrogens is 4. The summed E-state index contributed by atoms with van der Waals surface area (Å²) >= 11 is 6.05. The number of rotatable bonds is 1. The summed E-state index contributed by atoms with van der Waals surface area (Å²) in [5.74, 6) is 0.584. The van der Waals surface area contributed by atoms with Gasteiger partial charge in [0, 0.05) is 11.6 Å². The third-order valence-corrected chi connectivity index (χ3v) is 2.81. The lowest BCUT2D eigenvalue weighted by molar-refractivity contribution is 0.112. The molecular formula is C11H7ClN4O. The average Bonchev–Trinajstić information content (AvgIpc) is 2.69. The summed E-state index contributed by atoms with van der Waals surface area (Å²) in [5, 5.41) is 5.39. The number of aldehydes is 1. The van der Waals surface area contributed by atoms with E-state index in [1.807, 2.05) is 0 Å². The van der Waals surface area contributed by atoms with Gasteiger partial charge in [0.1, 0.15) is 11.3 Å². The van der Waals surface area contributed by atoms with Crippen molar-refractivity contribution in [3.05, 3.63) is 34.9 Å². The number of hydrogen-bond donors (Lipinski definition) is 0. The first-order valence-electron chi connectivity index (χ1n) is 4.96. The number of hydrogen-bond acceptors (Lipinski definition) is 4. The number of carbonyl (C=O) groups is 1. The molecule has 0 saturated carbocycles. The molecule has 0 fully saturated rings. The van der Waals surface area contributed by atoms with Crippen LogP contribution < -0.4 is 0 Å². The van der Waals surface area contributed by atoms with Crippen LogP contribution in [0.25, 0.3) is 16.6 Å². The SMILES string of the molecule is Cc1nc2c(C=O)cc3ccnc(Cl)c3n2n1. The number of nitrogens with zero attached hydrogens (tertiary/aromatic N) is 4. The molecule has 3 rings (SSSR count). The summed E-state index contributed by atoms with van der Waals surface area (Å²) in [6.07, 6.45) is 2.35. The number of aryl methyl sites for hydroxylation is 1. The highest BCUT2D eigenvalue weighted by Crippen LogP contribution is 2.23. The minimum Gasteiger partial charge on any atom is -0.298 e. The van der Waals surface area contributed by atoms with Crippen LogP contribution in [0.15, 0.2) is 18.3 Å². The molecule has 0 aliphatic rings. The molecule has 3 heterocycles.